The Morgan fingerprint density at radius 1 is 1.07 bits per heavy atom. The lowest BCUT2D eigenvalue weighted by atomic mass is 10.1. The summed E-state index contributed by atoms with van der Waals surface area (Å²) in [4.78, 5) is 16.1. The largest absolute Gasteiger partial charge is 0.356 e. The number of rotatable bonds is 8. The lowest BCUT2D eigenvalue weighted by Gasteiger charge is -2.13. The summed E-state index contributed by atoms with van der Waals surface area (Å²) in [5, 5.41) is 9.40. The van der Waals surface area contributed by atoms with Gasteiger partial charge in [0.25, 0.3) is 0 Å². The minimum absolute atomic E-state index is 0.0231. The van der Waals surface area contributed by atoms with Crippen molar-refractivity contribution in [1.29, 1.82) is 0 Å². The number of hydrogen-bond acceptors (Lipinski definition) is 2. The Morgan fingerprint density at radius 2 is 1.82 bits per heavy atom. The highest BCUT2D eigenvalue weighted by Crippen LogP contribution is 2.12. The second kappa shape index (κ2) is 11.1. The molecule has 0 aliphatic carbocycles. The fourth-order valence-electron chi connectivity index (χ4n) is 2.77. The number of aliphatic imine (C=N–C) groups is 1. The summed E-state index contributed by atoms with van der Waals surface area (Å²) in [6.45, 7) is 5.27. The van der Waals surface area contributed by atoms with Crippen LogP contribution in [0.15, 0.2) is 53.5 Å². The van der Waals surface area contributed by atoms with Crippen LogP contribution in [-0.2, 0) is 17.8 Å². The van der Waals surface area contributed by atoms with Crippen LogP contribution in [0.3, 0.4) is 0 Å². The minimum atomic E-state index is -0.222. The molecule has 150 valence electrons. The summed E-state index contributed by atoms with van der Waals surface area (Å²) in [6.07, 6.45) is 1.21. The van der Waals surface area contributed by atoms with Gasteiger partial charge in [-0.15, -0.1) is 0 Å². The Bertz CT molecular complexity index is 805. The molecule has 0 fully saturated rings. The Kier molecular flexibility index (Phi) is 8.46. The third-order valence-corrected chi connectivity index (χ3v) is 4.08. The molecule has 0 unspecified atom stereocenters. The molecule has 0 aliphatic heterocycles. The maximum atomic E-state index is 13.2. The zero-order chi connectivity index (χ0) is 20.4. The number of hydrogen-bond donors (Lipinski definition) is 3. The fraction of sp³-hybridized carbons (Fsp3) is 0.364. The predicted octanol–water partition coefficient (Wildman–Crippen LogP) is 3.72. The molecule has 0 saturated carbocycles. The van der Waals surface area contributed by atoms with Gasteiger partial charge in [-0.3, -0.25) is 9.79 Å². The van der Waals surface area contributed by atoms with E-state index in [9.17, 15) is 9.18 Å². The van der Waals surface area contributed by atoms with E-state index >= 15 is 0 Å². The number of carbonyl (C=O) groups is 1. The number of carbonyl (C=O) groups excluding carboxylic acids is 1. The third kappa shape index (κ3) is 7.78. The molecule has 1 amide bonds. The van der Waals surface area contributed by atoms with Crippen molar-refractivity contribution in [3.05, 3.63) is 65.5 Å². The van der Waals surface area contributed by atoms with E-state index < -0.39 is 0 Å². The van der Waals surface area contributed by atoms with Gasteiger partial charge in [-0.05, 0) is 47.7 Å². The van der Waals surface area contributed by atoms with E-state index in [1.807, 2.05) is 44.2 Å². The molecule has 0 bridgehead atoms. The predicted molar refractivity (Wildman–Crippen MR) is 113 cm³/mol. The second-order valence-electron chi connectivity index (χ2n) is 7.08. The highest BCUT2D eigenvalue weighted by Gasteiger charge is 2.06. The van der Waals surface area contributed by atoms with Crippen LogP contribution in [0.25, 0.3) is 0 Å². The molecule has 3 N–H and O–H groups in total. The summed E-state index contributed by atoms with van der Waals surface area (Å²) in [5.74, 6) is 0.799. The molecule has 0 saturated heterocycles. The molecule has 2 aromatic rings. The summed E-state index contributed by atoms with van der Waals surface area (Å²) < 4.78 is 13.2. The normalized spacial score (nSPS) is 11.4. The second-order valence-corrected chi connectivity index (χ2v) is 7.08. The van der Waals surface area contributed by atoms with Crippen LogP contribution in [0.5, 0.6) is 0 Å². The molecule has 0 atom stereocenters. The maximum absolute atomic E-state index is 13.2. The first-order chi connectivity index (χ1) is 13.5. The van der Waals surface area contributed by atoms with Gasteiger partial charge in [-0.1, -0.05) is 38.1 Å². The van der Waals surface area contributed by atoms with Crippen molar-refractivity contribution < 1.29 is 9.18 Å². The van der Waals surface area contributed by atoms with Crippen LogP contribution < -0.4 is 16.0 Å². The number of nitrogens with zero attached hydrogens (tertiary/aromatic N) is 1. The van der Waals surface area contributed by atoms with Crippen LogP contribution in [-0.4, -0.2) is 25.5 Å². The van der Waals surface area contributed by atoms with Crippen molar-refractivity contribution in [2.24, 2.45) is 10.9 Å². The van der Waals surface area contributed by atoms with E-state index in [0.29, 0.717) is 37.8 Å². The molecule has 0 aromatic heterocycles. The first kappa shape index (κ1) is 21.4. The molecule has 0 aliphatic rings. The molecule has 6 heteroatoms. The highest BCUT2D eigenvalue weighted by molar-refractivity contribution is 5.90. The first-order valence-corrected chi connectivity index (χ1v) is 9.54. The molecule has 2 rings (SSSR count). The topological polar surface area (TPSA) is 65.5 Å². The van der Waals surface area contributed by atoms with E-state index in [4.69, 9.17) is 0 Å². The Balaban J connectivity index is 1.81. The van der Waals surface area contributed by atoms with Gasteiger partial charge in [0.1, 0.15) is 5.82 Å². The smallest absolute Gasteiger partial charge is 0.224 e. The van der Waals surface area contributed by atoms with E-state index in [1.54, 1.807) is 13.1 Å². The van der Waals surface area contributed by atoms with E-state index in [1.165, 1.54) is 12.1 Å². The molecule has 0 heterocycles. The molecular weight excluding hydrogens is 355 g/mol. The van der Waals surface area contributed by atoms with Crippen molar-refractivity contribution in [3.8, 4) is 0 Å². The summed E-state index contributed by atoms with van der Waals surface area (Å²) >= 11 is 0. The average Bonchev–Trinajstić information content (AvgIpc) is 2.64. The lowest BCUT2D eigenvalue weighted by molar-refractivity contribution is -0.116. The van der Waals surface area contributed by atoms with Gasteiger partial charge in [-0.25, -0.2) is 4.39 Å². The molecule has 28 heavy (non-hydrogen) atoms. The van der Waals surface area contributed by atoms with Gasteiger partial charge in [0.05, 0.1) is 0 Å². The molecule has 2 aromatic carbocycles. The van der Waals surface area contributed by atoms with E-state index in [0.717, 1.165) is 16.8 Å². The number of anilines is 1. The minimum Gasteiger partial charge on any atom is -0.356 e. The van der Waals surface area contributed by atoms with Crippen molar-refractivity contribution in [1.82, 2.24) is 10.6 Å². The van der Waals surface area contributed by atoms with Gasteiger partial charge >= 0.3 is 0 Å². The van der Waals surface area contributed by atoms with Gasteiger partial charge in [0.2, 0.25) is 5.91 Å². The number of amides is 1. The van der Waals surface area contributed by atoms with Gasteiger partial charge < -0.3 is 16.0 Å². The molecule has 5 nitrogen and oxygen atoms in total. The van der Waals surface area contributed by atoms with Crippen LogP contribution in [0, 0.1) is 11.7 Å². The van der Waals surface area contributed by atoms with Crippen molar-refractivity contribution >= 4 is 17.6 Å². The number of guanidine groups is 1. The quantitative estimate of drug-likeness (QED) is 0.480. The van der Waals surface area contributed by atoms with Crippen molar-refractivity contribution in [2.75, 3.05) is 18.9 Å². The Labute approximate surface area is 166 Å². The first-order valence-electron chi connectivity index (χ1n) is 9.54. The third-order valence-electron chi connectivity index (χ3n) is 4.08. The lowest BCUT2D eigenvalue weighted by Crippen LogP contribution is -2.37. The SMILES string of the molecule is CN=C(NCCc1cccc(F)c1)NCc1cccc(NC(=O)CC(C)C)c1. The molecular formula is C22H29FN4O. The molecule has 0 spiro atoms. The summed E-state index contributed by atoms with van der Waals surface area (Å²) in [6, 6.07) is 14.3. The Hall–Kier alpha value is -2.89. The van der Waals surface area contributed by atoms with Crippen LogP contribution in [0.1, 0.15) is 31.4 Å². The van der Waals surface area contributed by atoms with E-state index in [-0.39, 0.29) is 11.7 Å². The number of nitrogens with one attached hydrogen (secondary N) is 3. The number of benzene rings is 2. The summed E-state index contributed by atoms with van der Waals surface area (Å²) in [7, 11) is 1.71. The zero-order valence-electron chi connectivity index (χ0n) is 16.8. The standard InChI is InChI=1S/C22H29FN4O/c1-16(2)12-21(28)27-20-9-5-7-18(14-20)15-26-22(24-3)25-11-10-17-6-4-8-19(23)13-17/h4-9,13-14,16H,10-12,15H2,1-3H3,(H,27,28)(H2,24,25,26). The summed E-state index contributed by atoms with van der Waals surface area (Å²) in [5.41, 5.74) is 2.77. The van der Waals surface area contributed by atoms with Crippen LogP contribution >= 0.6 is 0 Å². The Morgan fingerprint density at radius 3 is 2.54 bits per heavy atom. The fourth-order valence-corrected chi connectivity index (χ4v) is 2.77. The van der Waals surface area contributed by atoms with Crippen molar-refractivity contribution in [2.45, 2.75) is 33.2 Å². The van der Waals surface area contributed by atoms with Gasteiger partial charge in [0, 0.05) is 32.2 Å². The highest BCUT2D eigenvalue weighted by atomic mass is 19.1. The van der Waals surface area contributed by atoms with Crippen molar-refractivity contribution in [3.63, 3.8) is 0 Å². The average molecular weight is 384 g/mol. The number of halogens is 1. The van der Waals surface area contributed by atoms with E-state index in [2.05, 4.69) is 20.9 Å². The molecule has 0 radical (unpaired) electrons. The van der Waals surface area contributed by atoms with Crippen LogP contribution in [0.4, 0.5) is 10.1 Å². The maximum Gasteiger partial charge on any atom is 0.224 e. The van der Waals surface area contributed by atoms with Gasteiger partial charge in [0.15, 0.2) is 5.96 Å². The zero-order valence-corrected chi connectivity index (χ0v) is 16.8. The van der Waals surface area contributed by atoms with Crippen LogP contribution in [0.2, 0.25) is 0 Å². The monoisotopic (exact) mass is 384 g/mol. The van der Waals surface area contributed by atoms with Gasteiger partial charge in [-0.2, -0.15) is 0 Å².